The number of rotatable bonds is 4. The van der Waals surface area contributed by atoms with Gasteiger partial charge in [-0.1, -0.05) is 96.6 Å². The summed E-state index contributed by atoms with van der Waals surface area (Å²) < 4.78 is 6.30. The van der Waals surface area contributed by atoms with E-state index < -0.39 is 0 Å². The van der Waals surface area contributed by atoms with Crippen LogP contribution in [0.2, 0.25) is 0 Å². The highest BCUT2D eigenvalue weighted by atomic mass is 16.5. The summed E-state index contributed by atoms with van der Waals surface area (Å²) in [4.78, 5) is 13.4. The average molecular weight is 376 g/mol. The molecule has 0 radical (unpaired) electrons. The smallest absolute Gasteiger partial charge is 0.198 e. The zero-order chi connectivity index (χ0) is 19.8. The highest BCUT2D eigenvalue weighted by Gasteiger charge is 2.32. The van der Waals surface area contributed by atoms with Crippen LogP contribution in [0.5, 0.6) is 0 Å². The van der Waals surface area contributed by atoms with E-state index in [1.165, 1.54) is 5.56 Å². The van der Waals surface area contributed by atoms with Crippen molar-refractivity contribution < 1.29 is 9.53 Å². The van der Waals surface area contributed by atoms with E-state index >= 15 is 0 Å². The predicted octanol–water partition coefficient (Wildman–Crippen LogP) is 6.43. The molecule has 1 aliphatic rings. The van der Waals surface area contributed by atoms with Crippen LogP contribution in [0.1, 0.15) is 32.6 Å². The van der Waals surface area contributed by atoms with Crippen molar-refractivity contribution >= 4 is 27.9 Å². The molecule has 0 amide bonds. The van der Waals surface area contributed by atoms with Crippen molar-refractivity contribution in [1.29, 1.82) is 0 Å². The number of ketones is 1. The molecule has 2 heteroatoms. The lowest BCUT2D eigenvalue weighted by molar-refractivity contribution is 0.105. The van der Waals surface area contributed by atoms with E-state index in [2.05, 4.69) is 49.4 Å². The molecule has 0 aliphatic heterocycles. The molecule has 2 nitrogen and oxygen atoms in total. The molecule has 29 heavy (non-hydrogen) atoms. The first-order valence-corrected chi connectivity index (χ1v) is 9.77. The van der Waals surface area contributed by atoms with Crippen molar-refractivity contribution in [2.24, 2.45) is 0 Å². The molecule has 0 saturated carbocycles. The van der Waals surface area contributed by atoms with Crippen LogP contribution in [0.25, 0.3) is 22.1 Å². The van der Waals surface area contributed by atoms with E-state index in [1.54, 1.807) is 0 Å². The minimum atomic E-state index is 0.0239. The maximum atomic E-state index is 13.4. The molecule has 0 unspecified atom stereocenters. The Labute approximate surface area is 170 Å². The van der Waals surface area contributed by atoms with Gasteiger partial charge in [-0.05, 0) is 28.8 Å². The first-order valence-electron chi connectivity index (χ1n) is 9.77. The topological polar surface area (TPSA) is 26.3 Å². The van der Waals surface area contributed by atoms with Crippen molar-refractivity contribution in [3.63, 3.8) is 0 Å². The Kier molecular flexibility index (Phi) is 4.25. The van der Waals surface area contributed by atoms with E-state index in [0.29, 0.717) is 23.5 Å². The Bertz CT molecular complexity index is 1260. The van der Waals surface area contributed by atoms with E-state index in [-0.39, 0.29) is 5.78 Å². The van der Waals surface area contributed by atoms with Crippen LogP contribution in [0.4, 0.5) is 0 Å². The highest BCUT2D eigenvalue weighted by molar-refractivity contribution is 6.40. The fourth-order valence-electron chi connectivity index (χ4n) is 3.93. The lowest BCUT2D eigenvalue weighted by atomic mass is 9.96. The summed E-state index contributed by atoms with van der Waals surface area (Å²) in [6, 6.07) is 30.2. The van der Waals surface area contributed by atoms with E-state index in [0.717, 1.165) is 27.5 Å². The molecule has 4 aromatic rings. The number of aryl methyl sites for hydroxylation is 1. The molecule has 5 rings (SSSR count). The van der Waals surface area contributed by atoms with Gasteiger partial charge >= 0.3 is 0 Å². The highest BCUT2D eigenvalue weighted by Crippen LogP contribution is 2.41. The van der Waals surface area contributed by atoms with Gasteiger partial charge in [0.1, 0.15) is 12.4 Å². The van der Waals surface area contributed by atoms with Gasteiger partial charge in [0.15, 0.2) is 5.78 Å². The summed E-state index contributed by atoms with van der Waals surface area (Å²) in [6.45, 7) is 2.49. The molecule has 0 aromatic heterocycles. The third kappa shape index (κ3) is 3.03. The minimum Gasteiger partial charge on any atom is -0.487 e. The minimum absolute atomic E-state index is 0.0239. The van der Waals surface area contributed by atoms with Crippen molar-refractivity contribution in [2.45, 2.75) is 13.5 Å². The number of hydrogen-bond acceptors (Lipinski definition) is 2. The number of allylic oxidation sites excluding steroid dienone is 1. The molecule has 0 atom stereocenters. The molecule has 4 aromatic carbocycles. The summed E-state index contributed by atoms with van der Waals surface area (Å²) in [5, 5.41) is 2.17. The predicted molar refractivity (Wildman–Crippen MR) is 118 cm³/mol. The van der Waals surface area contributed by atoms with E-state index in [9.17, 15) is 4.79 Å². The molecule has 0 heterocycles. The Morgan fingerprint density at radius 2 is 1.34 bits per heavy atom. The van der Waals surface area contributed by atoms with Gasteiger partial charge in [0.2, 0.25) is 0 Å². The van der Waals surface area contributed by atoms with E-state index in [4.69, 9.17) is 4.74 Å². The average Bonchev–Trinajstić information content (AvgIpc) is 3.05. The van der Waals surface area contributed by atoms with Gasteiger partial charge in [0.05, 0.1) is 5.57 Å². The molecule has 140 valence electrons. The molecule has 0 bridgehead atoms. The van der Waals surface area contributed by atoms with Crippen molar-refractivity contribution in [3.8, 4) is 0 Å². The van der Waals surface area contributed by atoms with Crippen molar-refractivity contribution in [3.05, 3.63) is 119 Å². The maximum absolute atomic E-state index is 13.4. The van der Waals surface area contributed by atoms with Gasteiger partial charge in [-0.2, -0.15) is 0 Å². The number of carbonyl (C=O) groups excluding carboxylic acids is 1. The Morgan fingerprint density at radius 3 is 2.17 bits per heavy atom. The lowest BCUT2D eigenvalue weighted by Gasteiger charge is -2.13. The normalized spacial score (nSPS) is 13.1. The largest absolute Gasteiger partial charge is 0.487 e. The number of Topliss-reactive ketones (excluding diaryl/α,β-unsaturated/α-hetero) is 1. The molecule has 0 spiro atoms. The van der Waals surface area contributed by atoms with Gasteiger partial charge in [-0.25, -0.2) is 0 Å². The van der Waals surface area contributed by atoms with Crippen LogP contribution in [-0.2, 0) is 11.3 Å². The number of fused-ring (bicyclic) bond motifs is 2. The second-order valence-electron chi connectivity index (χ2n) is 7.38. The third-order valence-electron chi connectivity index (χ3n) is 5.43. The summed E-state index contributed by atoms with van der Waals surface area (Å²) in [6.07, 6.45) is 0. The first kappa shape index (κ1) is 17.4. The van der Waals surface area contributed by atoms with Crippen LogP contribution in [0.15, 0.2) is 91.0 Å². The Balaban J connectivity index is 1.65. The molecule has 0 N–H and O–H groups in total. The number of hydrogen-bond donors (Lipinski definition) is 0. The van der Waals surface area contributed by atoms with Gasteiger partial charge < -0.3 is 4.74 Å². The fraction of sp³-hybridized carbons (Fsp3) is 0.0741. The molecule has 0 saturated heterocycles. The molecular formula is C27H20O2. The second-order valence-corrected chi connectivity index (χ2v) is 7.38. The summed E-state index contributed by atoms with van der Waals surface area (Å²) >= 11 is 0. The van der Waals surface area contributed by atoms with Crippen LogP contribution in [-0.4, -0.2) is 5.78 Å². The van der Waals surface area contributed by atoms with Gasteiger partial charge in [0.25, 0.3) is 0 Å². The van der Waals surface area contributed by atoms with Crippen LogP contribution in [0.3, 0.4) is 0 Å². The first-order chi connectivity index (χ1) is 14.2. The van der Waals surface area contributed by atoms with Crippen molar-refractivity contribution in [2.75, 3.05) is 0 Å². The van der Waals surface area contributed by atoms with E-state index in [1.807, 2.05) is 48.5 Å². The SMILES string of the molecule is Cc1ccc(COC2=C(c3cccc4ccccc34)C(=O)c3ccccc32)cc1. The Morgan fingerprint density at radius 1 is 0.690 bits per heavy atom. The number of carbonyl (C=O) groups is 1. The van der Waals surface area contributed by atoms with Crippen LogP contribution < -0.4 is 0 Å². The lowest BCUT2D eigenvalue weighted by Crippen LogP contribution is -2.00. The monoisotopic (exact) mass is 376 g/mol. The zero-order valence-electron chi connectivity index (χ0n) is 16.2. The second kappa shape index (κ2) is 7.06. The molecule has 0 fully saturated rings. The summed E-state index contributed by atoms with van der Waals surface area (Å²) in [5.74, 6) is 0.693. The summed E-state index contributed by atoms with van der Waals surface area (Å²) in [7, 11) is 0. The van der Waals surface area contributed by atoms with Crippen LogP contribution >= 0.6 is 0 Å². The quantitative estimate of drug-likeness (QED) is 0.410. The zero-order valence-corrected chi connectivity index (χ0v) is 16.2. The standard InChI is InChI=1S/C27H20O2/c1-18-13-15-19(16-14-18)17-29-27-24-11-5-4-10-23(24)26(28)25(27)22-12-6-8-20-7-2-3-9-21(20)22/h2-16H,17H2,1H3. The van der Waals surface area contributed by atoms with Gasteiger partial charge in [-0.3, -0.25) is 4.79 Å². The van der Waals surface area contributed by atoms with Crippen molar-refractivity contribution in [1.82, 2.24) is 0 Å². The van der Waals surface area contributed by atoms with Gasteiger partial charge in [-0.15, -0.1) is 0 Å². The number of ether oxygens (including phenoxy) is 1. The number of benzene rings is 4. The fourth-order valence-corrected chi connectivity index (χ4v) is 3.93. The third-order valence-corrected chi connectivity index (χ3v) is 5.43. The molecular weight excluding hydrogens is 356 g/mol. The summed E-state index contributed by atoms with van der Waals surface area (Å²) in [5.41, 5.74) is 5.43. The molecule has 1 aliphatic carbocycles. The van der Waals surface area contributed by atoms with Crippen LogP contribution in [0, 0.1) is 6.92 Å². The maximum Gasteiger partial charge on any atom is 0.198 e. The Hall–Kier alpha value is -3.65. The van der Waals surface area contributed by atoms with Gasteiger partial charge in [0, 0.05) is 11.1 Å².